The van der Waals surface area contributed by atoms with Crippen molar-refractivity contribution in [2.45, 2.75) is 25.8 Å². The smallest absolute Gasteiger partial charge is 0.227 e. The van der Waals surface area contributed by atoms with E-state index in [1.54, 1.807) is 24.5 Å². The topological polar surface area (TPSA) is 75.9 Å². The number of benzene rings is 1. The number of hydrogen-bond acceptors (Lipinski definition) is 5. The van der Waals surface area contributed by atoms with E-state index in [4.69, 9.17) is 0 Å². The number of aromatic hydroxyl groups is 1. The van der Waals surface area contributed by atoms with E-state index in [1.807, 2.05) is 29.9 Å². The van der Waals surface area contributed by atoms with Crippen LogP contribution in [0.4, 0.5) is 11.6 Å². The summed E-state index contributed by atoms with van der Waals surface area (Å²) in [6.07, 6.45) is 7.89. The Labute approximate surface area is 133 Å². The summed E-state index contributed by atoms with van der Waals surface area (Å²) in [6, 6.07) is 7.72. The van der Waals surface area contributed by atoms with E-state index in [0.29, 0.717) is 17.6 Å². The zero-order valence-electron chi connectivity index (χ0n) is 12.8. The number of hydrogen-bond donors (Lipinski definition) is 2. The van der Waals surface area contributed by atoms with Gasteiger partial charge in [0.15, 0.2) is 0 Å². The lowest BCUT2D eigenvalue weighted by molar-refractivity contribution is 0.477. The molecule has 0 amide bonds. The molecule has 0 unspecified atom stereocenters. The van der Waals surface area contributed by atoms with Crippen molar-refractivity contribution >= 4 is 11.6 Å². The van der Waals surface area contributed by atoms with Gasteiger partial charge in [-0.05, 0) is 37.5 Å². The molecule has 1 saturated carbocycles. The normalized spacial score (nSPS) is 14.0. The van der Waals surface area contributed by atoms with Gasteiger partial charge in [-0.2, -0.15) is 5.10 Å². The Bertz CT molecular complexity index is 854. The first kappa shape index (κ1) is 13.8. The first-order valence-electron chi connectivity index (χ1n) is 7.64. The number of anilines is 2. The van der Waals surface area contributed by atoms with Gasteiger partial charge in [-0.25, -0.2) is 9.97 Å². The fraction of sp³-hybridized carbons (Fsp3) is 0.235. The summed E-state index contributed by atoms with van der Waals surface area (Å²) in [5.41, 5.74) is 3.19. The number of phenols is 1. The van der Waals surface area contributed by atoms with Gasteiger partial charge in [0.25, 0.3) is 0 Å². The minimum atomic E-state index is 0.210. The lowest BCUT2D eigenvalue weighted by Gasteiger charge is -2.09. The first-order valence-corrected chi connectivity index (χ1v) is 7.64. The van der Waals surface area contributed by atoms with E-state index in [1.165, 1.54) is 12.8 Å². The van der Waals surface area contributed by atoms with Crippen LogP contribution in [-0.2, 0) is 0 Å². The van der Waals surface area contributed by atoms with Crippen molar-refractivity contribution in [1.82, 2.24) is 19.7 Å². The standard InChI is InChI=1S/C17H17N5O/c1-11-8-18-17(20-12-9-19-22(10-12)13-6-7-13)21-16(11)14-4-2-3-5-15(14)23/h2-5,8-10,13,23H,6-7H2,1H3,(H,18,20,21). The zero-order chi connectivity index (χ0) is 15.8. The second-order valence-electron chi connectivity index (χ2n) is 5.81. The Kier molecular flexibility index (Phi) is 3.22. The molecule has 23 heavy (non-hydrogen) atoms. The Morgan fingerprint density at radius 3 is 2.83 bits per heavy atom. The van der Waals surface area contributed by atoms with Gasteiger partial charge in [0.2, 0.25) is 5.95 Å². The molecule has 116 valence electrons. The number of rotatable bonds is 4. The van der Waals surface area contributed by atoms with Crippen LogP contribution >= 0.6 is 0 Å². The number of para-hydroxylation sites is 1. The molecule has 0 radical (unpaired) electrons. The average molecular weight is 307 g/mol. The predicted molar refractivity (Wildman–Crippen MR) is 87.7 cm³/mol. The van der Waals surface area contributed by atoms with Gasteiger partial charge in [0.05, 0.1) is 23.6 Å². The summed E-state index contributed by atoms with van der Waals surface area (Å²) in [4.78, 5) is 8.87. The van der Waals surface area contributed by atoms with Crippen molar-refractivity contribution in [3.8, 4) is 17.0 Å². The molecule has 6 heteroatoms. The van der Waals surface area contributed by atoms with E-state index >= 15 is 0 Å². The Morgan fingerprint density at radius 1 is 1.22 bits per heavy atom. The van der Waals surface area contributed by atoms with Crippen LogP contribution in [0, 0.1) is 6.92 Å². The molecule has 1 aliphatic rings. The number of phenolic OH excluding ortho intramolecular Hbond substituents is 1. The van der Waals surface area contributed by atoms with E-state index in [0.717, 1.165) is 16.9 Å². The van der Waals surface area contributed by atoms with Crippen molar-refractivity contribution in [3.63, 3.8) is 0 Å². The van der Waals surface area contributed by atoms with Crippen molar-refractivity contribution in [2.24, 2.45) is 0 Å². The highest BCUT2D eigenvalue weighted by Gasteiger charge is 2.24. The maximum Gasteiger partial charge on any atom is 0.227 e. The van der Waals surface area contributed by atoms with Gasteiger partial charge in [-0.1, -0.05) is 12.1 Å². The fourth-order valence-electron chi connectivity index (χ4n) is 2.52. The molecule has 0 saturated heterocycles. The maximum atomic E-state index is 10.0. The van der Waals surface area contributed by atoms with E-state index in [9.17, 15) is 5.11 Å². The molecule has 0 aliphatic heterocycles. The largest absolute Gasteiger partial charge is 0.507 e. The molecular weight excluding hydrogens is 290 g/mol. The quantitative estimate of drug-likeness (QED) is 0.772. The van der Waals surface area contributed by atoms with Crippen LogP contribution in [-0.4, -0.2) is 24.9 Å². The highest BCUT2D eigenvalue weighted by atomic mass is 16.3. The molecule has 0 bridgehead atoms. The molecular formula is C17H17N5O. The Hall–Kier alpha value is -2.89. The number of aromatic nitrogens is 4. The highest BCUT2D eigenvalue weighted by molar-refractivity contribution is 5.70. The molecule has 3 aromatic rings. The summed E-state index contributed by atoms with van der Waals surface area (Å²) < 4.78 is 1.97. The van der Waals surface area contributed by atoms with E-state index < -0.39 is 0 Å². The van der Waals surface area contributed by atoms with Gasteiger partial charge < -0.3 is 10.4 Å². The van der Waals surface area contributed by atoms with Gasteiger partial charge in [-0.15, -0.1) is 0 Å². The van der Waals surface area contributed by atoms with Gasteiger partial charge in [0, 0.05) is 18.0 Å². The Balaban J connectivity index is 1.64. The third-order valence-electron chi connectivity index (χ3n) is 3.91. The van der Waals surface area contributed by atoms with Crippen LogP contribution in [0.25, 0.3) is 11.3 Å². The lowest BCUT2D eigenvalue weighted by atomic mass is 10.1. The molecule has 2 heterocycles. The number of nitrogens with one attached hydrogen (secondary N) is 1. The zero-order valence-corrected chi connectivity index (χ0v) is 12.8. The lowest BCUT2D eigenvalue weighted by Crippen LogP contribution is -1.99. The molecule has 1 aliphatic carbocycles. The molecule has 1 fully saturated rings. The average Bonchev–Trinajstić information content (AvgIpc) is 3.30. The van der Waals surface area contributed by atoms with Crippen molar-refractivity contribution in [1.29, 1.82) is 0 Å². The summed E-state index contributed by atoms with van der Waals surface area (Å²) in [6.45, 7) is 1.93. The second kappa shape index (κ2) is 5.39. The highest BCUT2D eigenvalue weighted by Crippen LogP contribution is 2.35. The third kappa shape index (κ3) is 2.75. The molecule has 6 nitrogen and oxygen atoms in total. The maximum absolute atomic E-state index is 10.0. The minimum absolute atomic E-state index is 0.210. The van der Waals surface area contributed by atoms with E-state index in [2.05, 4.69) is 20.4 Å². The number of nitrogens with zero attached hydrogens (tertiary/aromatic N) is 4. The van der Waals surface area contributed by atoms with Crippen LogP contribution in [0.5, 0.6) is 5.75 Å². The summed E-state index contributed by atoms with van der Waals surface area (Å²) >= 11 is 0. The molecule has 1 aromatic carbocycles. The van der Waals surface area contributed by atoms with Gasteiger partial charge >= 0.3 is 0 Å². The minimum Gasteiger partial charge on any atom is -0.507 e. The fourth-order valence-corrected chi connectivity index (χ4v) is 2.52. The molecule has 0 spiro atoms. The monoisotopic (exact) mass is 307 g/mol. The van der Waals surface area contributed by atoms with E-state index in [-0.39, 0.29) is 5.75 Å². The number of aryl methyl sites for hydroxylation is 1. The van der Waals surface area contributed by atoms with Crippen LogP contribution in [0.2, 0.25) is 0 Å². The van der Waals surface area contributed by atoms with Crippen molar-refractivity contribution in [2.75, 3.05) is 5.32 Å². The molecule has 0 atom stereocenters. The van der Waals surface area contributed by atoms with Crippen LogP contribution in [0.1, 0.15) is 24.4 Å². The predicted octanol–water partition coefficient (Wildman–Crippen LogP) is 3.43. The second-order valence-corrected chi connectivity index (χ2v) is 5.81. The van der Waals surface area contributed by atoms with Gasteiger partial charge in [0.1, 0.15) is 5.75 Å². The van der Waals surface area contributed by atoms with Gasteiger partial charge in [-0.3, -0.25) is 4.68 Å². The van der Waals surface area contributed by atoms with Crippen molar-refractivity contribution < 1.29 is 5.11 Å². The summed E-state index contributed by atoms with van der Waals surface area (Å²) in [5.74, 6) is 0.700. The molecule has 4 rings (SSSR count). The first-order chi connectivity index (χ1) is 11.2. The van der Waals surface area contributed by atoms with Crippen molar-refractivity contribution in [3.05, 3.63) is 48.4 Å². The summed E-state index contributed by atoms with van der Waals surface area (Å²) in [7, 11) is 0. The SMILES string of the molecule is Cc1cnc(Nc2cnn(C3CC3)c2)nc1-c1ccccc1O. The molecule has 2 aromatic heterocycles. The molecule has 2 N–H and O–H groups in total. The third-order valence-corrected chi connectivity index (χ3v) is 3.91. The Morgan fingerprint density at radius 2 is 2.04 bits per heavy atom. The van der Waals surface area contributed by atoms with Crippen LogP contribution < -0.4 is 5.32 Å². The summed E-state index contributed by atoms with van der Waals surface area (Å²) in [5, 5.41) is 17.6. The van der Waals surface area contributed by atoms with Crippen LogP contribution in [0.15, 0.2) is 42.9 Å². The van der Waals surface area contributed by atoms with Crippen LogP contribution in [0.3, 0.4) is 0 Å².